The van der Waals surface area contributed by atoms with E-state index in [0.717, 1.165) is 28.7 Å². The van der Waals surface area contributed by atoms with E-state index in [2.05, 4.69) is 52.4 Å². The van der Waals surface area contributed by atoms with Gasteiger partial charge in [0.1, 0.15) is 0 Å². The van der Waals surface area contributed by atoms with Crippen molar-refractivity contribution in [1.82, 2.24) is 9.78 Å². The third-order valence-electron chi connectivity index (χ3n) is 3.45. The standard InChI is InChI=1S/C15H20BrN3S/c1-4-12-15(16)13(19(2)18-12)9-11(17)10-7-5-6-8-14(10)20-3/h5-8,11H,4,9,17H2,1-3H3. The van der Waals surface area contributed by atoms with Crippen molar-refractivity contribution in [2.45, 2.75) is 30.7 Å². The van der Waals surface area contributed by atoms with E-state index in [1.54, 1.807) is 11.8 Å². The van der Waals surface area contributed by atoms with E-state index in [1.165, 1.54) is 10.5 Å². The summed E-state index contributed by atoms with van der Waals surface area (Å²) in [5.41, 5.74) is 9.87. The SMILES string of the molecule is CCc1nn(C)c(CC(N)c2ccccc2SC)c1Br. The molecule has 108 valence electrons. The van der Waals surface area contributed by atoms with Crippen LogP contribution in [0.2, 0.25) is 0 Å². The third-order valence-corrected chi connectivity index (χ3v) is 5.18. The maximum absolute atomic E-state index is 6.42. The molecule has 0 fully saturated rings. The molecule has 5 heteroatoms. The van der Waals surface area contributed by atoms with Crippen molar-refractivity contribution in [2.24, 2.45) is 12.8 Å². The lowest BCUT2D eigenvalue weighted by molar-refractivity contribution is 0.631. The minimum absolute atomic E-state index is 0.0185. The molecule has 1 aromatic heterocycles. The maximum Gasteiger partial charge on any atom is 0.0766 e. The van der Waals surface area contributed by atoms with E-state index in [9.17, 15) is 0 Å². The molecule has 0 saturated heterocycles. The molecule has 1 heterocycles. The van der Waals surface area contributed by atoms with Gasteiger partial charge in [-0.3, -0.25) is 4.68 Å². The van der Waals surface area contributed by atoms with Gasteiger partial charge in [-0.15, -0.1) is 11.8 Å². The van der Waals surface area contributed by atoms with Crippen molar-refractivity contribution in [2.75, 3.05) is 6.26 Å². The highest BCUT2D eigenvalue weighted by Gasteiger charge is 2.18. The molecule has 1 aromatic carbocycles. The first kappa shape index (κ1) is 15.6. The van der Waals surface area contributed by atoms with E-state index in [-0.39, 0.29) is 6.04 Å². The molecule has 0 amide bonds. The molecule has 2 aromatic rings. The summed E-state index contributed by atoms with van der Waals surface area (Å²) in [6.45, 7) is 2.11. The van der Waals surface area contributed by atoms with Crippen LogP contribution in [0.5, 0.6) is 0 Å². The molecule has 0 spiro atoms. The van der Waals surface area contributed by atoms with Crippen LogP contribution in [0.25, 0.3) is 0 Å². The topological polar surface area (TPSA) is 43.8 Å². The molecule has 1 unspecified atom stereocenters. The fourth-order valence-electron chi connectivity index (χ4n) is 2.33. The molecule has 0 radical (unpaired) electrons. The van der Waals surface area contributed by atoms with Crippen LogP contribution in [-0.2, 0) is 19.9 Å². The van der Waals surface area contributed by atoms with Gasteiger partial charge in [0.05, 0.1) is 15.9 Å². The van der Waals surface area contributed by atoms with Crippen LogP contribution in [0, 0.1) is 0 Å². The minimum Gasteiger partial charge on any atom is -0.324 e. The number of aryl methyl sites for hydroxylation is 2. The Morgan fingerprint density at radius 1 is 1.40 bits per heavy atom. The fraction of sp³-hybridized carbons (Fsp3) is 0.400. The van der Waals surface area contributed by atoms with Gasteiger partial charge in [0.25, 0.3) is 0 Å². The number of halogens is 1. The van der Waals surface area contributed by atoms with E-state index in [4.69, 9.17) is 5.73 Å². The lowest BCUT2D eigenvalue weighted by Crippen LogP contribution is -2.16. The first-order chi connectivity index (χ1) is 9.58. The Hall–Kier alpha value is -0.780. The smallest absolute Gasteiger partial charge is 0.0766 e. The number of rotatable bonds is 5. The van der Waals surface area contributed by atoms with Crippen LogP contribution in [-0.4, -0.2) is 16.0 Å². The third kappa shape index (κ3) is 3.10. The zero-order valence-corrected chi connectivity index (χ0v) is 14.5. The predicted octanol–water partition coefficient (Wildman–Crippen LogP) is 3.71. The normalized spacial score (nSPS) is 12.7. The molecule has 2 N–H and O–H groups in total. The Morgan fingerprint density at radius 3 is 2.70 bits per heavy atom. The Kier molecular flexibility index (Phi) is 5.29. The number of nitrogens with zero attached hydrogens (tertiary/aromatic N) is 2. The minimum atomic E-state index is -0.0185. The van der Waals surface area contributed by atoms with Crippen molar-refractivity contribution >= 4 is 27.7 Å². The molecule has 20 heavy (non-hydrogen) atoms. The van der Waals surface area contributed by atoms with Gasteiger partial charge < -0.3 is 5.73 Å². The van der Waals surface area contributed by atoms with E-state index in [0.29, 0.717) is 0 Å². The largest absolute Gasteiger partial charge is 0.324 e. The molecule has 0 bridgehead atoms. The highest BCUT2D eigenvalue weighted by Crippen LogP contribution is 2.29. The van der Waals surface area contributed by atoms with Crippen LogP contribution in [0.4, 0.5) is 0 Å². The van der Waals surface area contributed by atoms with Gasteiger partial charge in [-0.25, -0.2) is 0 Å². The first-order valence-electron chi connectivity index (χ1n) is 6.67. The van der Waals surface area contributed by atoms with Gasteiger partial charge in [-0.05, 0) is 40.2 Å². The molecule has 2 rings (SSSR count). The van der Waals surface area contributed by atoms with Gasteiger partial charge in [0, 0.05) is 24.4 Å². The van der Waals surface area contributed by atoms with Gasteiger partial charge in [-0.1, -0.05) is 25.1 Å². The van der Waals surface area contributed by atoms with Crippen molar-refractivity contribution in [3.05, 3.63) is 45.7 Å². The number of hydrogen-bond acceptors (Lipinski definition) is 3. The second-order valence-electron chi connectivity index (χ2n) is 4.74. The Bertz CT molecular complexity index is 595. The van der Waals surface area contributed by atoms with E-state index in [1.807, 2.05) is 17.8 Å². The highest BCUT2D eigenvalue weighted by atomic mass is 79.9. The maximum atomic E-state index is 6.42. The summed E-state index contributed by atoms with van der Waals surface area (Å²) < 4.78 is 3.03. The van der Waals surface area contributed by atoms with Crippen LogP contribution in [0.15, 0.2) is 33.6 Å². The Morgan fingerprint density at radius 2 is 2.10 bits per heavy atom. The second kappa shape index (κ2) is 6.78. The summed E-state index contributed by atoms with van der Waals surface area (Å²) in [5.74, 6) is 0. The van der Waals surface area contributed by atoms with Crippen LogP contribution in [0.1, 0.15) is 29.9 Å². The lowest BCUT2D eigenvalue weighted by atomic mass is 10.0. The van der Waals surface area contributed by atoms with Crippen molar-refractivity contribution < 1.29 is 0 Å². The number of hydrogen-bond donors (Lipinski definition) is 1. The average molecular weight is 354 g/mol. The van der Waals surface area contributed by atoms with Crippen LogP contribution in [0.3, 0.4) is 0 Å². The molecular weight excluding hydrogens is 334 g/mol. The lowest BCUT2D eigenvalue weighted by Gasteiger charge is -2.16. The van der Waals surface area contributed by atoms with Gasteiger partial charge >= 0.3 is 0 Å². The average Bonchev–Trinajstić information content (AvgIpc) is 2.74. The van der Waals surface area contributed by atoms with Crippen molar-refractivity contribution in [3.63, 3.8) is 0 Å². The van der Waals surface area contributed by atoms with E-state index < -0.39 is 0 Å². The number of benzene rings is 1. The summed E-state index contributed by atoms with van der Waals surface area (Å²) in [5, 5.41) is 4.53. The Labute approximate surface area is 133 Å². The van der Waals surface area contributed by atoms with Crippen molar-refractivity contribution in [1.29, 1.82) is 0 Å². The first-order valence-corrected chi connectivity index (χ1v) is 8.69. The summed E-state index contributed by atoms with van der Waals surface area (Å²) in [7, 11) is 1.98. The molecule has 0 saturated carbocycles. The monoisotopic (exact) mass is 353 g/mol. The summed E-state index contributed by atoms with van der Waals surface area (Å²) >= 11 is 5.39. The van der Waals surface area contributed by atoms with Gasteiger partial charge in [-0.2, -0.15) is 5.10 Å². The molecule has 0 aliphatic carbocycles. The van der Waals surface area contributed by atoms with E-state index >= 15 is 0 Å². The molecule has 1 atom stereocenters. The highest BCUT2D eigenvalue weighted by molar-refractivity contribution is 9.10. The quantitative estimate of drug-likeness (QED) is 0.833. The van der Waals surface area contributed by atoms with Crippen LogP contribution < -0.4 is 5.73 Å². The Balaban J connectivity index is 2.28. The van der Waals surface area contributed by atoms with Gasteiger partial charge in [0.2, 0.25) is 0 Å². The molecule has 0 aliphatic rings. The number of nitrogens with two attached hydrogens (primary N) is 1. The van der Waals surface area contributed by atoms with Crippen LogP contribution >= 0.6 is 27.7 Å². The zero-order valence-electron chi connectivity index (χ0n) is 12.1. The van der Waals surface area contributed by atoms with Crippen molar-refractivity contribution in [3.8, 4) is 0 Å². The molecular formula is C15H20BrN3S. The van der Waals surface area contributed by atoms with Gasteiger partial charge in [0.15, 0.2) is 0 Å². The summed E-state index contributed by atoms with van der Waals surface area (Å²) in [6.07, 6.45) is 3.79. The molecule has 3 nitrogen and oxygen atoms in total. The second-order valence-corrected chi connectivity index (χ2v) is 6.38. The fourth-order valence-corrected chi connectivity index (χ4v) is 3.78. The summed E-state index contributed by atoms with van der Waals surface area (Å²) in [4.78, 5) is 1.24. The number of thioether (sulfide) groups is 1. The predicted molar refractivity (Wildman–Crippen MR) is 89.1 cm³/mol. The molecule has 0 aliphatic heterocycles. The summed E-state index contributed by atoms with van der Waals surface area (Å²) in [6, 6.07) is 8.31. The number of aromatic nitrogens is 2. The zero-order chi connectivity index (χ0) is 14.7.